The largest absolute Gasteiger partial charge is 0.659 e. The Balaban J connectivity index is 0.000000235. The Bertz CT molecular complexity index is 671. The first-order valence-corrected chi connectivity index (χ1v) is 7.12. The van der Waals surface area contributed by atoms with E-state index in [0.29, 0.717) is 5.69 Å². The van der Waals surface area contributed by atoms with Gasteiger partial charge in [-0.05, 0) is 25.5 Å². The second-order valence-corrected chi connectivity index (χ2v) is 4.91. The molecule has 2 heterocycles. The molecule has 0 aliphatic heterocycles. The number of carbonyl (C=O) groups excluding carboxylic acids is 1. The van der Waals surface area contributed by atoms with Gasteiger partial charge in [0.1, 0.15) is 5.78 Å². The molecule has 121 valence electrons. The molecule has 3 rings (SSSR count). The number of rotatable bonds is 3. The van der Waals surface area contributed by atoms with Crippen molar-refractivity contribution in [3.63, 3.8) is 0 Å². The van der Waals surface area contributed by atoms with Crippen molar-refractivity contribution in [1.29, 1.82) is 0 Å². The van der Waals surface area contributed by atoms with E-state index in [0.717, 1.165) is 17.8 Å². The number of aromatic nitrogens is 2. The minimum Gasteiger partial charge on any atom is -0.659 e. The van der Waals surface area contributed by atoms with Crippen LogP contribution in [0.25, 0.3) is 0 Å². The number of Topliss-reactive ketones (excluding diaryl/α,β-unsaturated/α-hetero) is 1. The summed E-state index contributed by atoms with van der Waals surface area (Å²) in [4.78, 5) is 18.8. The van der Waals surface area contributed by atoms with Crippen LogP contribution in [0.4, 0.5) is 0 Å². The van der Waals surface area contributed by atoms with E-state index in [4.69, 9.17) is 0 Å². The molecule has 4 heteroatoms. The van der Waals surface area contributed by atoms with Gasteiger partial charge in [0.15, 0.2) is 0 Å². The van der Waals surface area contributed by atoms with Gasteiger partial charge >= 0.3 is 0 Å². The van der Waals surface area contributed by atoms with Crippen molar-refractivity contribution in [2.24, 2.45) is 0 Å². The van der Waals surface area contributed by atoms with E-state index in [1.165, 1.54) is 12.5 Å². The summed E-state index contributed by atoms with van der Waals surface area (Å²) in [6.07, 6.45) is 2.68. The maximum absolute atomic E-state index is 10.6. The minimum absolute atomic E-state index is 0. The van der Waals surface area contributed by atoms with Gasteiger partial charge in [-0.25, -0.2) is 0 Å². The van der Waals surface area contributed by atoms with Gasteiger partial charge in [0.25, 0.3) is 0 Å². The molecule has 3 nitrogen and oxygen atoms in total. The molecule has 0 aliphatic rings. The maximum atomic E-state index is 10.6. The Morgan fingerprint density at radius 2 is 1.91 bits per heavy atom. The molecule has 0 aliphatic carbocycles. The molecule has 0 saturated heterocycles. The molecular formula is C19H18IrN2O-2. The van der Waals surface area contributed by atoms with Crippen LogP contribution in [-0.2, 0) is 26.5 Å². The summed E-state index contributed by atoms with van der Waals surface area (Å²) >= 11 is 0. The third-order valence-corrected chi connectivity index (χ3v) is 3.01. The molecule has 0 fully saturated rings. The van der Waals surface area contributed by atoms with Crippen LogP contribution >= 0.6 is 0 Å². The van der Waals surface area contributed by atoms with Gasteiger partial charge in [0.05, 0.1) is 0 Å². The van der Waals surface area contributed by atoms with Gasteiger partial charge in [0.2, 0.25) is 0 Å². The third kappa shape index (κ3) is 6.72. The van der Waals surface area contributed by atoms with Crippen molar-refractivity contribution in [3.05, 3.63) is 89.5 Å². The molecule has 0 bridgehead atoms. The summed E-state index contributed by atoms with van der Waals surface area (Å²) in [7, 11) is 0. The second-order valence-electron chi connectivity index (χ2n) is 4.91. The standard InChI is InChI=1S/C12H10N.C7H9NO.Ir/c1-2-6-11(7-3-1)10-12-8-4-5-9-13-12;1-5-3-4-7(8-5)6(2)9;/h1-6,8-9H,10H2;3-4H,1-2H3,(H,8,9);/q-1;;/p-1. The number of aryl methyl sites for hydroxylation is 1. The van der Waals surface area contributed by atoms with Crippen LogP contribution in [0.1, 0.15) is 34.4 Å². The summed E-state index contributed by atoms with van der Waals surface area (Å²) in [6.45, 7) is 3.38. The summed E-state index contributed by atoms with van der Waals surface area (Å²) in [5.74, 6) is 0.0306. The number of nitrogens with zero attached hydrogens (tertiary/aromatic N) is 2. The molecule has 3 aromatic rings. The number of ketones is 1. The first-order chi connectivity index (χ1) is 10.6. The Morgan fingerprint density at radius 3 is 2.39 bits per heavy atom. The summed E-state index contributed by atoms with van der Waals surface area (Å²) < 4.78 is 0. The molecule has 0 atom stereocenters. The molecule has 23 heavy (non-hydrogen) atoms. The van der Waals surface area contributed by atoms with Crippen LogP contribution in [0.3, 0.4) is 0 Å². The average molecular weight is 483 g/mol. The molecule has 0 unspecified atom stereocenters. The average Bonchev–Trinajstić information content (AvgIpc) is 2.97. The zero-order valence-corrected chi connectivity index (χ0v) is 15.5. The zero-order chi connectivity index (χ0) is 15.8. The first-order valence-electron chi connectivity index (χ1n) is 7.12. The SMILES string of the molecule is CC(=O)c1ccc(C)[n-]1.[Ir].[c-]1ccccc1Cc1ccccn1. The monoisotopic (exact) mass is 483 g/mol. The quantitative estimate of drug-likeness (QED) is 0.423. The zero-order valence-electron chi connectivity index (χ0n) is 13.1. The molecule has 1 aromatic carbocycles. The van der Waals surface area contributed by atoms with Crippen LogP contribution in [0.2, 0.25) is 0 Å². The maximum Gasteiger partial charge on any atom is 0.138 e. The van der Waals surface area contributed by atoms with E-state index in [1.807, 2.05) is 55.6 Å². The number of hydrogen-bond donors (Lipinski definition) is 0. The van der Waals surface area contributed by atoms with E-state index in [2.05, 4.69) is 22.1 Å². The predicted octanol–water partition coefficient (Wildman–Crippen LogP) is 3.62. The van der Waals surface area contributed by atoms with Gasteiger partial charge in [-0.3, -0.25) is 9.78 Å². The summed E-state index contributed by atoms with van der Waals surface area (Å²) in [5.41, 5.74) is 3.74. The van der Waals surface area contributed by atoms with Gasteiger partial charge in [-0.1, -0.05) is 30.8 Å². The number of pyridine rings is 1. The van der Waals surface area contributed by atoms with E-state index < -0.39 is 0 Å². The first kappa shape index (κ1) is 19.0. The molecule has 0 saturated carbocycles. The minimum atomic E-state index is 0. The fraction of sp³-hybridized carbons (Fsp3) is 0.158. The molecule has 0 N–H and O–H groups in total. The number of carbonyl (C=O) groups is 1. The topological polar surface area (TPSA) is 44.1 Å². The van der Waals surface area contributed by atoms with Gasteiger partial charge in [0, 0.05) is 32.0 Å². The Labute approximate surface area is 150 Å². The number of benzene rings is 1. The van der Waals surface area contributed by atoms with Crippen LogP contribution in [0.15, 0.2) is 60.8 Å². The van der Waals surface area contributed by atoms with Crippen LogP contribution in [0.5, 0.6) is 0 Å². The summed E-state index contributed by atoms with van der Waals surface area (Å²) in [5, 5.41) is 0. The second kappa shape index (κ2) is 9.88. The third-order valence-electron chi connectivity index (χ3n) is 3.01. The van der Waals surface area contributed by atoms with Crippen LogP contribution in [0, 0.1) is 13.0 Å². The number of hydrogen-bond acceptors (Lipinski definition) is 2. The molecule has 2 aromatic heterocycles. The van der Waals surface area contributed by atoms with Crippen molar-refractivity contribution >= 4 is 5.78 Å². The van der Waals surface area contributed by atoms with E-state index in [1.54, 1.807) is 6.07 Å². The fourth-order valence-electron chi connectivity index (χ4n) is 1.90. The Morgan fingerprint density at radius 1 is 1.13 bits per heavy atom. The molecular weight excluding hydrogens is 464 g/mol. The van der Waals surface area contributed by atoms with Gasteiger partial charge in [-0.2, -0.15) is 41.6 Å². The van der Waals surface area contributed by atoms with Gasteiger partial charge < -0.3 is 4.98 Å². The smallest absolute Gasteiger partial charge is 0.138 e. The van der Waals surface area contributed by atoms with Crippen molar-refractivity contribution < 1.29 is 24.9 Å². The van der Waals surface area contributed by atoms with Gasteiger partial charge in [-0.15, -0.1) is 0 Å². The summed E-state index contributed by atoms with van der Waals surface area (Å²) in [6, 6.07) is 20.7. The normalized spacial score (nSPS) is 9.30. The van der Waals surface area contributed by atoms with Crippen molar-refractivity contribution in [2.45, 2.75) is 20.3 Å². The Kier molecular flexibility index (Phi) is 8.17. The molecule has 0 spiro atoms. The van der Waals surface area contributed by atoms with E-state index in [9.17, 15) is 4.79 Å². The molecule has 1 radical (unpaired) electrons. The van der Waals surface area contributed by atoms with Crippen molar-refractivity contribution in [3.8, 4) is 0 Å². The fourth-order valence-corrected chi connectivity index (χ4v) is 1.90. The van der Waals surface area contributed by atoms with Crippen molar-refractivity contribution in [2.75, 3.05) is 0 Å². The van der Waals surface area contributed by atoms with E-state index >= 15 is 0 Å². The van der Waals surface area contributed by atoms with Crippen LogP contribution in [-0.4, -0.2) is 10.8 Å². The Hall–Kier alpha value is -2.03. The van der Waals surface area contributed by atoms with Crippen molar-refractivity contribution in [1.82, 2.24) is 9.97 Å². The molecule has 0 amide bonds. The van der Waals surface area contributed by atoms with Crippen LogP contribution < -0.4 is 4.98 Å². The van der Waals surface area contributed by atoms with E-state index in [-0.39, 0.29) is 25.9 Å². The predicted molar refractivity (Wildman–Crippen MR) is 86.8 cm³/mol.